The fourth-order valence-corrected chi connectivity index (χ4v) is 2.15. The maximum absolute atomic E-state index is 12.2. The van der Waals surface area contributed by atoms with Crippen LogP contribution in [0.5, 0.6) is 0 Å². The lowest BCUT2D eigenvalue weighted by atomic mass is 10.1. The number of aliphatic hydroxyl groups is 3. The number of carbonyl (C=O) groups excluding carboxylic acids is 2. The van der Waals surface area contributed by atoms with E-state index in [9.17, 15) is 24.9 Å². The second kappa shape index (κ2) is 8.74. The first kappa shape index (κ1) is 20.5. The summed E-state index contributed by atoms with van der Waals surface area (Å²) in [6, 6.07) is 16.9. The molecule has 0 radical (unpaired) electrons. The topological polar surface area (TPSA) is 123 Å². The number of ether oxygens (including phenoxy) is 3. The standard InChI is InChI=1S/C19H20O8/c1-25-19(24,17(21)27-13-15-10-6-3-7-11-15)18(22,23)16(20)26-12-14-8-4-2-5-9-14/h2-11,22-24H,12-13H2,1H3. The van der Waals surface area contributed by atoms with E-state index in [0.29, 0.717) is 11.1 Å². The molecule has 0 aliphatic heterocycles. The monoisotopic (exact) mass is 376 g/mol. The zero-order valence-corrected chi connectivity index (χ0v) is 14.6. The van der Waals surface area contributed by atoms with Gasteiger partial charge in [-0.05, 0) is 11.1 Å². The van der Waals surface area contributed by atoms with Gasteiger partial charge in [0, 0.05) is 7.11 Å². The predicted molar refractivity (Wildman–Crippen MR) is 91.6 cm³/mol. The van der Waals surface area contributed by atoms with Crippen LogP contribution in [0.2, 0.25) is 0 Å². The molecule has 0 saturated carbocycles. The van der Waals surface area contributed by atoms with E-state index in [4.69, 9.17) is 9.47 Å². The molecule has 0 aliphatic carbocycles. The lowest BCUT2D eigenvalue weighted by molar-refractivity contribution is -0.344. The molecule has 144 valence electrons. The Morgan fingerprint density at radius 1 is 0.778 bits per heavy atom. The number of hydrogen-bond donors (Lipinski definition) is 3. The number of carbonyl (C=O) groups is 2. The fraction of sp³-hybridized carbons (Fsp3) is 0.263. The number of esters is 2. The van der Waals surface area contributed by atoms with Gasteiger partial charge >= 0.3 is 23.5 Å². The Kier molecular flexibility index (Phi) is 6.65. The molecular weight excluding hydrogens is 356 g/mol. The molecule has 2 aromatic rings. The first-order valence-corrected chi connectivity index (χ1v) is 7.96. The lowest BCUT2D eigenvalue weighted by Crippen LogP contribution is -2.65. The van der Waals surface area contributed by atoms with Gasteiger partial charge in [0.15, 0.2) is 0 Å². The maximum atomic E-state index is 12.2. The molecule has 0 heterocycles. The van der Waals surface area contributed by atoms with E-state index in [2.05, 4.69) is 4.74 Å². The van der Waals surface area contributed by atoms with Crippen LogP contribution in [0.25, 0.3) is 0 Å². The summed E-state index contributed by atoms with van der Waals surface area (Å²) >= 11 is 0. The summed E-state index contributed by atoms with van der Waals surface area (Å²) in [5, 5.41) is 30.4. The van der Waals surface area contributed by atoms with Crippen LogP contribution in [0.1, 0.15) is 11.1 Å². The van der Waals surface area contributed by atoms with Crippen LogP contribution in [-0.4, -0.2) is 45.9 Å². The fourth-order valence-electron chi connectivity index (χ4n) is 2.15. The van der Waals surface area contributed by atoms with Gasteiger partial charge in [0.25, 0.3) is 0 Å². The van der Waals surface area contributed by atoms with Gasteiger partial charge in [-0.2, -0.15) is 0 Å². The first-order chi connectivity index (χ1) is 12.8. The molecule has 0 fully saturated rings. The summed E-state index contributed by atoms with van der Waals surface area (Å²) in [6.45, 7) is -0.581. The summed E-state index contributed by atoms with van der Waals surface area (Å²) in [5.41, 5.74) is 1.15. The van der Waals surface area contributed by atoms with Crippen molar-refractivity contribution in [1.29, 1.82) is 0 Å². The highest BCUT2D eigenvalue weighted by molar-refractivity contribution is 5.89. The highest BCUT2D eigenvalue weighted by atomic mass is 16.7. The molecular formula is C19H20O8. The third kappa shape index (κ3) is 4.69. The van der Waals surface area contributed by atoms with Crippen molar-refractivity contribution >= 4 is 11.9 Å². The molecule has 0 aromatic heterocycles. The molecule has 3 N–H and O–H groups in total. The second-order valence-electron chi connectivity index (χ2n) is 5.64. The van der Waals surface area contributed by atoms with E-state index in [0.717, 1.165) is 7.11 Å². The van der Waals surface area contributed by atoms with E-state index >= 15 is 0 Å². The third-order valence-electron chi connectivity index (χ3n) is 3.75. The molecule has 0 amide bonds. The van der Waals surface area contributed by atoms with Crippen molar-refractivity contribution in [1.82, 2.24) is 0 Å². The Morgan fingerprint density at radius 2 is 1.19 bits per heavy atom. The van der Waals surface area contributed by atoms with E-state index in [1.807, 2.05) is 0 Å². The molecule has 0 spiro atoms. The van der Waals surface area contributed by atoms with E-state index in [1.165, 1.54) is 0 Å². The SMILES string of the molecule is COC(O)(C(=O)OCc1ccccc1)C(O)(O)C(=O)OCc1ccccc1. The average molecular weight is 376 g/mol. The van der Waals surface area contributed by atoms with Crippen LogP contribution in [0.3, 0.4) is 0 Å². The summed E-state index contributed by atoms with van der Waals surface area (Å²) in [4.78, 5) is 24.2. The minimum Gasteiger partial charge on any atom is -0.457 e. The average Bonchev–Trinajstić information content (AvgIpc) is 2.70. The highest BCUT2D eigenvalue weighted by Crippen LogP contribution is 2.25. The van der Waals surface area contributed by atoms with Crippen LogP contribution in [0.4, 0.5) is 0 Å². The minimum atomic E-state index is -3.69. The third-order valence-corrected chi connectivity index (χ3v) is 3.75. The quantitative estimate of drug-likeness (QED) is 0.449. The zero-order valence-electron chi connectivity index (χ0n) is 14.6. The van der Waals surface area contributed by atoms with E-state index < -0.39 is 23.5 Å². The number of methoxy groups -OCH3 is 1. The number of rotatable bonds is 8. The van der Waals surface area contributed by atoms with Crippen molar-refractivity contribution in [2.45, 2.75) is 24.8 Å². The van der Waals surface area contributed by atoms with Crippen molar-refractivity contribution in [3.8, 4) is 0 Å². The number of benzene rings is 2. The van der Waals surface area contributed by atoms with Crippen molar-refractivity contribution in [3.63, 3.8) is 0 Å². The van der Waals surface area contributed by atoms with E-state index in [-0.39, 0.29) is 13.2 Å². The Bertz CT molecular complexity index is 760. The van der Waals surface area contributed by atoms with Gasteiger partial charge in [0.2, 0.25) is 0 Å². The molecule has 8 nitrogen and oxygen atoms in total. The van der Waals surface area contributed by atoms with Crippen LogP contribution in [-0.2, 0) is 37.0 Å². The van der Waals surface area contributed by atoms with Gasteiger partial charge in [-0.1, -0.05) is 60.7 Å². The second-order valence-corrected chi connectivity index (χ2v) is 5.64. The first-order valence-electron chi connectivity index (χ1n) is 7.96. The van der Waals surface area contributed by atoms with Crippen molar-refractivity contribution in [2.75, 3.05) is 7.11 Å². The van der Waals surface area contributed by atoms with Crippen molar-refractivity contribution in [2.24, 2.45) is 0 Å². The molecule has 0 bridgehead atoms. The summed E-state index contributed by atoms with van der Waals surface area (Å²) < 4.78 is 14.1. The van der Waals surface area contributed by atoms with Gasteiger partial charge in [-0.3, -0.25) is 0 Å². The van der Waals surface area contributed by atoms with Gasteiger partial charge in [0.1, 0.15) is 13.2 Å². The van der Waals surface area contributed by atoms with Crippen LogP contribution in [0, 0.1) is 0 Å². The molecule has 8 heteroatoms. The minimum absolute atomic E-state index is 0.277. The molecule has 2 rings (SSSR count). The normalized spacial score (nSPS) is 13.5. The molecule has 1 unspecified atom stereocenters. The van der Waals surface area contributed by atoms with Crippen LogP contribution >= 0.6 is 0 Å². The maximum Gasteiger partial charge on any atom is 0.373 e. The van der Waals surface area contributed by atoms with E-state index in [1.54, 1.807) is 60.7 Å². The number of hydrogen-bond acceptors (Lipinski definition) is 8. The molecule has 2 aromatic carbocycles. The Balaban J connectivity index is 2.06. The Morgan fingerprint density at radius 3 is 1.59 bits per heavy atom. The molecule has 0 saturated heterocycles. The van der Waals surface area contributed by atoms with Gasteiger partial charge < -0.3 is 29.5 Å². The smallest absolute Gasteiger partial charge is 0.373 e. The Hall–Kier alpha value is -2.78. The van der Waals surface area contributed by atoms with Gasteiger partial charge in [-0.25, -0.2) is 9.59 Å². The van der Waals surface area contributed by atoms with Crippen LogP contribution in [0.15, 0.2) is 60.7 Å². The van der Waals surface area contributed by atoms with Crippen molar-refractivity contribution < 1.29 is 39.1 Å². The highest BCUT2D eigenvalue weighted by Gasteiger charge is 2.63. The van der Waals surface area contributed by atoms with Crippen molar-refractivity contribution in [3.05, 3.63) is 71.8 Å². The lowest BCUT2D eigenvalue weighted by Gasteiger charge is -2.33. The summed E-state index contributed by atoms with van der Waals surface area (Å²) in [7, 11) is 0.815. The predicted octanol–water partition coefficient (Wildman–Crippen LogP) is 0.489. The van der Waals surface area contributed by atoms with Gasteiger partial charge in [-0.15, -0.1) is 0 Å². The summed E-state index contributed by atoms with van der Waals surface area (Å²) in [6.07, 6.45) is 0. The Labute approximate surface area is 155 Å². The molecule has 0 aliphatic rings. The van der Waals surface area contributed by atoms with Crippen LogP contribution < -0.4 is 0 Å². The molecule has 1 atom stereocenters. The largest absolute Gasteiger partial charge is 0.457 e. The van der Waals surface area contributed by atoms with Gasteiger partial charge in [0.05, 0.1) is 0 Å². The summed E-state index contributed by atoms with van der Waals surface area (Å²) in [5.74, 6) is -10.3. The zero-order chi connectivity index (χ0) is 19.9. The molecule has 27 heavy (non-hydrogen) atoms.